The Morgan fingerprint density at radius 3 is 2.43 bits per heavy atom. The van der Waals surface area contributed by atoms with Crippen molar-refractivity contribution in [2.24, 2.45) is 5.41 Å². The number of amides is 2. The molecule has 1 saturated heterocycles. The number of ether oxygens (including phenoxy) is 2. The Labute approximate surface area is 168 Å². The summed E-state index contributed by atoms with van der Waals surface area (Å²) >= 11 is 0. The number of nitrogens with one attached hydrogen (secondary N) is 1. The van der Waals surface area contributed by atoms with Crippen LogP contribution in [0.25, 0.3) is 0 Å². The fourth-order valence-corrected chi connectivity index (χ4v) is 3.40. The summed E-state index contributed by atoms with van der Waals surface area (Å²) in [7, 11) is 1.62. The van der Waals surface area contributed by atoms with Crippen molar-refractivity contribution < 1.29 is 19.1 Å². The van der Waals surface area contributed by atoms with E-state index in [0.717, 1.165) is 24.2 Å². The molecule has 6 nitrogen and oxygen atoms in total. The predicted octanol–water partition coefficient (Wildman–Crippen LogP) is 3.18. The monoisotopic (exact) mass is 390 g/mol. The fraction of sp³-hybridized carbons (Fsp3) is 0.636. The minimum absolute atomic E-state index is 0.0495. The molecular weight excluding hydrogens is 356 g/mol. The van der Waals surface area contributed by atoms with Crippen molar-refractivity contribution in [1.82, 2.24) is 10.2 Å². The molecule has 1 aliphatic heterocycles. The van der Waals surface area contributed by atoms with Crippen molar-refractivity contribution in [3.8, 4) is 11.5 Å². The number of nitrogens with zero attached hydrogens (tertiary/aromatic N) is 1. The van der Waals surface area contributed by atoms with Gasteiger partial charge in [-0.3, -0.25) is 9.59 Å². The van der Waals surface area contributed by atoms with E-state index in [2.05, 4.69) is 5.32 Å². The van der Waals surface area contributed by atoms with Gasteiger partial charge in [-0.15, -0.1) is 0 Å². The van der Waals surface area contributed by atoms with E-state index in [9.17, 15) is 9.59 Å². The zero-order chi connectivity index (χ0) is 20.7. The molecule has 1 aromatic carbocycles. The van der Waals surface area contributed by atoms with Gasteiger partial charge in [-0.1, -0.05) is 26.8 Å². The highest BCUT2D eigenvalue weighted by molar-refractivity contribution is 5.81. The quantitative estimate of drug-likeness (QED) is 0.776. The summed E-state index contributed by atoms with van der Waals surface area (Å²) in [6, 6.07) is 5.93. The molecule has 1 aliphatic rings. The van der Waals surface area contributed by atoms with Crippen molar-refractivity contribution in [2.45, 2.75) is 59.4 Å². The number of benzene rings is 1. The lowest BCUT2D eigenvalue weighted by Gasteiger charge is -2.36. The lowest BCUT2D eigenvalue weighted by molar-refractivity contribution is -0.140. The molecule has 0 aromatic heterocycles. The molecule has 0 atom stereocenters. The van der Waals surface area contributed by atoms with Crippen LogP contribution in [0.1, 0.15) is 52.5 Å². The molecule has 1 N–H and O–H groups in total. The molecule has 0 saturated carbocycles. The van der Waals surface area contributed by atoms with Crippen LogP contribution in [0.2, 0.25) is 0 Å². The maximum atomic E-state index is 12.3. The van der Waals surface area contributed by atoms with Crippen molar-refractivity contribution in [3.05, 3.63) is 23.8 Å². The van der Waals surface area contributed by atoms with Gasteiger partial charge in [0.15, 0.2) is 11.5 Å². The Morgan fingerprint density at radius 1 is 1.18 bits per heavy atom. The lowest BCUT2D eigenvalue weighted by atomic mass is 9.93. The number of likely N-dealkylation sites (tertiary alicyclic amines) is 1. The molecule has 0 aliphatic carbocycles. The molecule has 2 rings (SSSR count). The van der Waals surface area contributed by atoms with Crippen molar-refractivity contribution in [2.75, 3.05) is 26.8 Å². The number of hydrogen-bond donors (Lipinski definition) is 1. The molecule has 6 heteroatoms. The van der Waals surface area contributed by atoms with Gasteiger partial charge in [-0.25, -0.2) is 0 Å². The number of piperidine rings is 1. The van der Waals surface area contributed by atoms with Gasteiger partial charge in [0.25, 0.3) is 0 Å². The normalized spacial score (nSPS) is 15.2. The Bertz CT molecular complexity index is 674. The third kappa shape index (κ3) is 6.14. The maximum Gasteiger partial charge on any atom is 0.227 e. The summed E-state index contributed by atoms with van der Waals surface area (Å²) in [6.07, 6.45) is 2.70. The summed E-state index contributed by atoms with van der Waals surface area (Å²) in [6.45, 7) is 9.76. The molecule has 156 valence electrons. The van der Waals surface area contributed by atoms with Gasteiger partial charge in [0.1, 0.15) is 0 Å². The van der Waals surface area contributed by atoms with Crippen LogP contribution < -0.4 is 14.8 Å². The molecule has 0 radical (unpaired) electrons. The number of carbonyl (C=O) groups is 2. The Morgan fingerprint density at radius 2 is 1.86 bits per heavy atom. The van der Waals surface area contributed by atoms with Gasteiger partial charge in [-0.05, 0) is 43.9 Å². The molecule has 0 bridgehead atoms. The molecular formula is C22H34N2O4. The fourth-order valence-electron chi connectivity index (χ4n) is 3.40. The third-order valence-corrected chi connectivity index (χ3v) is 4.96. The van der Waals surface area contributed by atoms with Crippen molar-refractivity contribution in [1.29, 1.82) is 0 Å². The molecule has 1 aromatic rings. The van der Waals surface area contributed by atoms with Crippen LogP contribution in [-0.2, 0) is 16.0 Å². The van der Waals surface area contributed by atoms with Gasteiger partial charge >= 0.3 is 0 Å². The molecule has 0 spiro atoms. The van der Waals surface area contributed by atoms with Crippen LogP contribution in [0.15, 0.2) is 18.2 Å². The maximum absolute atomic E-state index is 12.3. The van der Waals surface area contributed by atoms with E-state index >= 15 is 0 Å². The summed E-state index contributed by atoms with van der Waals surface area (Å²) < 4.78 is 10.9. The topological polar surface area (TPSA) is 67.9 Å². The summed E-state index contributed by atoms with van der Waals surface area (Å²) in [5.41, 5.74) is 0.690. The van der Waals surface area contributed by atoms with Crippen molar-refractivity contribution >= 4 is 11.8 Å². The van der Waals surface area contributed by atoms with Gasteiger partial charge < -0.3 is 19.7 Å². The largest absolute Gasteiger partial charge is 0.493 e. The van der Waals surface area contributed by atoms with E-state index in [1.54, 1.807) is 7.11 Å². The number of aryl methyl sites for hydroxylation is 1. The minimum Gasteiger partial charge on any atom is -0.493 e. The minimum atomic E-state index is -0.352. The van der Waals surface area contributed by atoms with Crippen LogP contribution in [0.4, 0.5) is 0 Å². The molecule has 28 heavy (non-hydrogen) atoms. The lowest BCUT2D eigenvalue weighted by Crippen LogP contribution is -2.49. The van der Waals surface area contributed by atoms with E-state index in [4.69, 9.17) is 9.47 Å². The predicted molar refractivity (Wildman–Crippen MR) is 110 cm³/mol. The Hall–Kier alpha value is -2.24. The number of methoxy groups -OCH3 is 1. The Kier molecular flexibility index (Phi) is 7.72. The van der Waals surface area contributed by atoms with Crippen molar-refractivity contribution in [3.63, 3.8) is 0 Å². The van der Waals surface area contributed by atoms with Crippen LogP contribution in [0.5, 0.6) is 11.5 Å². The summed E-state index contributed by atoms with van der Waals surface area (Å²) in [4.78, 5) is 26.6. The van der Waals surface area contributed by atoms with E-state index in [-0.39, 0.29) is 23.3 Å². The number of carbonyl (C=O) groups excluding carboxylic acids is 2. The van der Waals surface area contributed by atoms with Gasteiger partial charge in [0.2, 0.25) is 11.8 Å². The average molecular weight is 391 g/mol. The second kappa shape index (κ2) is 9.80. The van der Waals surface area contributed by atoms with E-state index in [1.807, 2.05) is 50.8 Å². The molecule has 1 fully saturated rings. The molecule has 0 unspecified atom stereocenters. The second-order valence-corrected chi connectivity index (χ2v) is 8.30. The van der Waals surface area contributed by atoms with E-state index < -0.39 is 0 Å². The highest BCUT2D eigenvalue weighted by Crippen LogP contribution is 2.28. The first kappa shape index (κ1) is 22.1. The first-order valence-corrected chi connectivity index (χ1v) is 10.1. The zero-order valence-corrected chi connectivity index (χ0v) is 17.8. The first-order chi connectivity index (χ1) is 13.2. The van der Waals surface area contributed by atoms with E-state index in [0.29, 0.717) is 38.3 Å². The van der Waals surface area contributed by atoms with Crippen LogP contribution in [0.3, 0.4) is 0 Å². The van der Waals surface area contributed by atoms with Crippen LogP contribution in [0, 0.1) is 5.41 Å². The number of hydrogen-bond acceptors (Lipinski definition) is 4. The number of rotatable bonds is 7. The third-order valence-electron chi connectivity index (χ3n) is 4.96. The van der Waals surface area contributed by atoms with Gasteiger partial charge in [0, 0.05) is 31.0 Å². The summed E-state index contributed by atoms with van der Waals surface area (Å²) in [5.74, 6) is 1.64. The SMILES string of the molecule is CCOc1ccc(CCC(=O)NC2CCN(C(=O)C(C)(C)C)CC2)cc1OC. The second-order valence-electron chi connectivity index (χ2n) is 8.30. The highest BCUT2D eigenvalue weighted by Gasteiger charge is 2.30. The van der Waals surface area contributed by atoms with E-state index in [1.165, 1.54) is 0 Å². The zero-order valence-electron chi connectivity index (χ0n) is 17.8. The first-order valence-electron chi connectivity index (χ1n) is 10.1. The average Bonchev–Trinajstić information content (AvgIpc) is 2.66. The standard InChI is InChI=1S/C22H34N2O4/c1-6-28-18-9-7-16(15-19(18)27-5)8-10-20(25)23-17-11-13-24(14-12-17)21(26)22(2,3)4/h7,9,15,17H,6,8,10-14H2,1-5H3,(H,23,25). The highest BCUT2D eigenvalue weighted by atomic mass is 16.5. The van der Waals surface area contributed by atoms with Crippen LogP contribution in [-0.4, -0.2) is 49.6 Å². The molecule has 2 amide bonds. The summed E-state index contributed by atoms with van der Waals surface area (Å²) in [5, 5.41) is 3.11. The van der Waals surface area contributed by atoms with Gasteiger partial charge in [-0.2, -0.15) is 0 Å². The van der Waals surface area contributed by atoms with Gasteiger partial charge in [0.05, 0.1) is 13.7 Å². The van der Waals surface area contributed by atoms with Crippen LogP contribution >= 0.6 is 0 Å². The molecule has 1 heterocycles. The smallest absolute Gasteiger partial charge is 0.227 e. The Balaban J connectivity index is 1.78.